The van der Waals surface area contributed by atoms with Gasteiger partial charge in [0.1, 0.15) is 0 Å². The average molecular weight is 356 g/mol. The molecule has 0 aliphatic carbocycles. The van der Waals surface area contributed by atoms with Crippen molar-refractivity contribution in [2.45, 2.75) is 52.5 Å². The van der Waals surface area contributed by atoms with Crippen LogP contribution in [0.4, 0.5) is 0 Å². The summed E-state index contributed by atoms with van der Waals surface area (Å²) in [6, 6.07) is 8.56. The summed E-state index contributed by atoms with van der Waals surface area (Å²) in [5.74, 6) is 1.70. The summed E-state index contributed by atoms with van der Waals surface area (Å²) in [4.78, 5) is 18.1. The van der Waals surface area contributed by atoms with Gasteiger partial charge in [0.05, 0.1) is 0 Å². The van der Waals surface area contributed by atoms with Crippen molar-refractivity contribution in [3.8, 4) is 0 Å². The van der Waals surface area contributed by atoms with Crippen molar-refractivity contribution < 1.29 is 4.79 Å². The molecule has 1 aromatic carbocycles. The number of aryl methyl sites for hydroxylation is 1. The highest BCUT2D eigenvalue weighted by atomic mass is 16.1. The molecule has 1 amide bonds. The second-order valence-corrected chi connectivity index (χ2v) is 8.35. The maximum atomic E-state index is 12.3. The Hall–Kier alpha value is -1.81. The van der Waals surface area contributed by atoms with Crippen LogP contribution in [-0.2, 0) is 11.2 Å². The summed E-state index contributed by atoms with van der Waals surface area (Å²) < 4.78 is 0. The SMILES string of the molecule is CC1CC(C)CN(CC(C)NC(=O)CCCc2c[nH]c3ccccc23)C1. The fourth-order valence-electron chi connectivity index (χ4n) is 4.50. The van der Waals surface area contributed by atoms with Crippen LogP contribution in [0.5, 0.6) is 0 Å². The quantitative estimate of drug-likeness (QED) is 0.789. The normalized spacial score (nSPS) is 22.4. The van der Waals surface area contributed by atoms with Gasteiger partial charge in [0, 0.05) is 49.2 Å². The van der Waals surface area contributed by atoms with Gasteiger partial charge in [0.2, 0.25) is 5.91 Å². The van der Waals surface area contributed by atoms with Crippen LogP contribution in [0, 0.1) is 11.8 Å². The van der Waals surface area contributed by atoms with Gasteiger partial charge in [-0.05, 0) is 49.7 Å². The van der Waals surface area contributed by atoms with E-state index in [2.05, 4.69) is 60.4 Å². The third-order valence-corrected chi connectivity index (χ3v) is 5.41. The molecule has 142 valence electrons. The molecule has 2 heterocycles. The lowest BCUT2D eigenvalue weighted by Gasteiger charge is -2.36. The number of nitrogens with one attached hydrogen (secondary N) is 2. The molecule has 0 radical (unpaired) electrons. The molecule has 4 nitrogen and oxygen atoms in total. The van der Waals surface area contributed by atoms with Crippen molar-refractivity contribution in [1.82, 2.24) is 15.2 Å². The van der Waals surface area contributed by atoms with Gasteiger partial charge in [-0.25, -0.2) is 0 Å². The van der Waals surface area contributed by atoms with Crippen molar-refractivity contribution in [2.75, 3.05) is 19.6 Å². The Kier molecular flexibility index (Phi) is 6.36. The van der Waals surface area contributed by atoms with E-state index in [0.717, 1.165) is 44.3 Å². The molecule has 1 aliphatic heterocycles. The van der Waals surface area contributed by atoms with E-state index in [1.54, 1.807) is 0 Å². The first kappa shape index (κ1) is 19.0. The van der Waals surface area contributed by atoms with Crippen LogP contribution in [0.3, 0.4) is 0 Å². The van der Waals surface area contributed by atoms with Crippen LogP contribution in [-0.4, -0.2) is 41.5 Å². The largest absolute Gasteiger partial charge is 0.361 e. The summed E-state index contributed by atoms with van der Waals surface area (Å²) in [6.45, 7) is 10.1. The molecular weight excluding hydrogens is 322 g/mol. The summed E-state index contributed by atoms with van der Waals surface area (Å²) in [5, 5.41) is 4.46. The molecular formula is C22H33N3O. The summed E-state index contributed by atoms with van der Waals surface area (Å²) >= 11 is 0. The molecule has 3 rings (SSSR count). The molecule has 3 unspecified atom stereocenters. The molecule has 1 aromatic heterocycles. The zero-order valence-electron chi connectivity index (χ0n) is 16.4. The zero-order valence-corrected chi connectivity index (χ0v) is 16.4. The van der Waals surface area contributed by atoms with E-state index in [0.29, 0.717) is 6.42 Å². The molecule has 4 heteroatoms. The monoisotopic (exact) mass is 355 g/mol. The number of fused-ring (bicyclic) bond motifs is 1. The van der Waals surface area contributed by atoms with Crippen molar-refractivity contribution in [3.05, 3.63) is 36.0 Å². The van der Waals surface area contributed by atoms with Crippen LogP contribution in [0.15, 0.2) is 30.5 Å². The number of rotatable bonds is 7. The zero-order chi connectivity index (χ0) is 18.5. The van der Waals surface area contributed by atoms with Crippen LogP contribution in [0.1, 0.15) is 45.6 Å². The van der Waals surface area contributed by atoms with Gasteiger partial charge in [-0.2, -0.15) is 0 Å². The molecule has 1 saturated heterocycles. The minimum absolute atomic E-state index is 0.176. The summed E-state index contributed by atoms with van der Waals surface area (Å²) in [6.07, 6.45) is 5.82. The Balaban J connectivity index is 1.39. The second kappa shape index (κ2) is 8.72. The van der Waals surface area contributed by atoms with E-state index in [1.807, 2.05) is 6.07 Å². The van der Waals surface area contributed by atoms with Gasteiger partial charge in [0.15, 0.2) is 0 Å². The van der Waals surface area contributed by atoms with Gasteiger partial charge in [-0.1, -0.05) is 32.0 Å². The van der Waals surface area contributed by atoms with Crippen LogP contribution >= 0.6 is 0 Å². The van der Waals surface area contributed by atoms with Gasteiger partial charge in [-0.3, -0.25) is 4.79 Å². The summed E-state index contributed by atoms with van der Waals surface area (Å²) in [7, 11) is 0. The Bertz CT molecular complexity index is 713. The number of para-hydroxylation sites is 1. The Morgan fingerprint density at radius 1 is 1.27 bits per heavy atom. The number of likely N-dealkylation sites (tertiary alicyclic amines) is 1. The van der Waals surface area contributed by atoms with Crippen molar-refractivity contribution in [3.63, 3.8) is 0 Å². The number of hydrogen-bond acceptors (Lipinski definition) is 2. The number of hydrogen-bond donors (Lipinski definition) is 2. The van der Waals surface area contributed by atoms with Crippen LogP contribution < -0.4 is 5.32 Å². The number of carbonyl (C=O) groups excluding carboxylic acids is 1. The maximum Gasteiger partial charge on any atom is 0.220 e. The highest BCUT2D eigenvalue weighted by Gasteiger charge is 2.23. The number of carbonyl (C=O) groups is 1. The van der Waals surface area contributed by atoms with Crippen LogP contribution in [0.25, 0.3) is 10.9 Å². The lowest BCUT2D eigenvalue weighted by Crippen LogP contribution is -2.46. The van der Waals surface area contributed by atoms with Gasteiger partial charge < -0.3 is 15.2 Å². The minimum atomic E-state index is 0.176. The van der Waals surface area contributed by atoms with Gasteiger partial charge in [-0.15, -0.1) is 0 Å². The third-order valence-electron chi connectivity index (χ3n) is 5.41. The number of benzene rings is 1. The lowest BCUT2D eigenvalue weighted by atomic mass is 9.92. The van der Waals surface area contributed by atoms with E-state index in [1.165, 1.54) is 22.9 Å². The smallest absolute Gasteiger partial charge is 0.220 e. The number of aromatic nitrogens is 1. The van der Waals surface area contributed by atoms with Gasteiger partial charge >= 0.3 is 0 Å². The average Bonchev–Trinajstić information content (AvgIpc) is 2.97. The standard InChI is InChI=1S/C22H33N3O/c1-16-11-17(2)14-25(13-16)15-18(3)24-22(26)10-6-7-19-12-23-21-9-5-4-8-20(19)21/h4-5,8-9,12,16-18,23H,6-7,10-11,13-15H2,1-3H3,(H,24,26). The molecule has 3 atom stereocenters. The van der Waals surface area contributed by atoms with Crippen molar-refractivity contribution in [1.29, 1.82) is 0 Å². The van der Waals surface area contributed by atoms with E-state index in [9.17, 15) is 4.79 Å². The predicted octanol–water partition coefficient (Wildman–Crippen LogP) is 3.97. The van der Waals surface area contributed by atoms with Gasteiger partial charge in [0.25, 0.3) is 0 Å². The summed E-state index contributed by atoms with van der Waals surface area (Å²) in [5.41, 5.74) is 2.48. The highest BCUT2D eigenvalue weighted by Crippen LogP contribution is 2.21. The van der Waals surface area contributed by atoms with E-state index in [-0.39, 0.29) is 11.9 Å². The molecule has 26 heavy (non-hydrogen) atoms. The number of aromatic amines is 1. The molecule has 0 spiro atoms. The number of piperidine rings is 1. The first-order chi connectivity index (χ1) is 12.5. The Labute approximate surface area is 157 Å². The molecule has 2 N–H and O–H groups in total. The Morgan fingerprint density at radius 3 is 2.77 bits per heavy atom. The topological polar surface area (TPSA) is 48.1 Å². The second-order valence-electron chi connectivity index (χ2n) is 8.35. The fraction of sp³-hybridized carbons (Fsp3) is 0.591. The Morgan fingerprint density at radius 2 is 2.00 bits per heavy atom. The van der Waals surface area contributed by atoms with E-state index in [4.69, 9.17) is 0 Å². The number of amides is 1. The third kappa shape index (κ3) is 5.10. The van der Waals surface area contributed by atoms with Crippen LogP contribution in [0.2, 0.25) is 0 Å². The van der Waals surface area contributed by atoms with Crippen molar-refractivity contribution >= 4 is 16.8 Å². The van der Waals surface area contributed by atoms with E-state index >= 15 is 0 Å². The molecule has 0 saturated carbocycles. The molecule has 0 bridgehead atoms. The lowest BCUT2D eigenvalue weighted by molar-refractivity contribution is -0.121. The van der Waals surface area contributed by atoms with E-state index < -0.39 is 0 Å². The first-order valence-electron chi connectivity index (χ1n) is 10.1. The number of nitrogens with zero attached hydrogens (tertiary/aromatic N) is 1. The van der Waals surface area contributed by atoms with Crippen molar-refractivity contribution in [2.24, 2.45) is 11.8 Å². The molecule has 2 aromatic rings. The first-order valence-corrected chi connectivity index (χ1v) is 10.1. The fourth-order valence-corrected chi connectivity index (χ4v) is 4.50. The molecule has 1 aliphatic rings. The predicted molar refractivity (Wildman–Crippen MR) is 108 cm³/mol. The highest BCUT2D eigenvalue weighted by molar-refractivity contribution is 5.83. The molecule has 1 fully saturated rings. The minimum Gasteiger partial charge on any atom is -0.361 e. The maximum absolute atomic E-state index is 12.3. The number of H-pyrrole nitrogens is 1.